The Morgan fingerprint density at radius 3 is 2.72 bits per heavy atom. The third kappa shape index (κ3) is 2.91. The average molecular weight is 250 g/mol. The molecular weight excluding hydrogens is 220 g/mol. The fourth-order valence-electron chi connectivity index (χ4n) is 4.51. The van der Waals surface area contributed by atoms with Gasteiger partial charge < -0.3 is 10.6 Å². The fourth-order valence-corrected chi connectivity index (χ4v) is 4.51. The van der Waals surface area contributed by atoms with Crippen LogP contribution in [0.25, 0.3) is 0 Å². The molecule has 0 aromatic rings. The summed E-state index contributed by atoms with van der Waals surface area (Å²) in [5, 5.41) is 7.70. The van der Waals surface area contributed by atoms with Gasteiger partial charge in [0.15, 0.2) is 0 Å². The van der Waals surface area contributed by atoms with Gasteiger partial charge in [0, 0.05) is 24.7 Å². The molecule has 4 atom stereocenters. The van der Waals surface area contributed by atoms with Gasteiger partial charge >= 0.3 is 0 Å². The summed E-state index contributed by atoms with van der Waals surface area (Å²) in [6.07, 6.45) is 11.4. The Kier molecular flexibility index (Phi) is 3.68. The minimum absolute atomic E-state index is 0.578. The van der Waals surface area contributed by atoms with Crippen LogP contribution in [0, 0.1) is 11.3 Å². The van der Waals surface area contributed by atoms with Crippen LogP contribution in [-0.2, 0) is 0 Å². The topological polar surface area (TPSA) is 24.1 Å². The largest absolute Gasteiger partial charge is 0.312 e. The van der Waals surface area contributed by atoms with Crippen molar-refractivity contribution in [2.45, 2.75) is 83.3 Å². The first-order valence-electron chi connectivity index (χ1n) is 8.12. The summed E-state index contributed by atoms with van der Waals surface area (Å²) in [6.45, 7) is 6.03. The molecule has 2 N–H and O–H groups in total. The zero-order valence-electron chi connectivity index (χ0n) is 12.2. The maximum absolute atomic E-state index is 3.88. The standard InChI is InChI=1S/C16H30N2/c1-16(2)8-7-13(10-16)17-11-14-9-12-5-3-4-6-15(12)18-14/h12-15,17-18H,3-11H2,1-2H3. The molecule has 3 rings (SSSR count). The minimum Gasteiger partial charge on any atom is -0.312 e. The predicted molar refractivity (Wildman–Crippen MR) is 76.7 cm³/mol. The van der Waals surface area contributed by atoms with Crippen molar-refractivity contribution >= 4 is 0 Å². The van der Waals surface area contributed by atoms with E-state index in [9.17, 15) is 0 Å². The minimum atomic E-state index is 0.578. The van der Waals surface area contributed by atoms with E-state index in [4.69, 9.17) is 0 Å². The highest BCUT2D eigenvalue weighted by Gasteiger charge is 2.36. The van der Waals surface area contributed by atoms with Gasteiger partial charge in [-0.1, -0.05) is 26.7 Å². The quantitative estimate of drug-likeness (QED) is 0.804. The van der Waals surface area contributed by atoms with Gasteiger partial charge in [0.25, 0.3) is 0 Å². The van der Waals surface area contributed by atoms with Crippen molar-refractivity contribution in [3.63, 3.8) is 0 Å². The van der Waals surface area contributed by atoms with Gasteiger partial charge in [0.2, 0.25) is 0 Å². The van der Waals surface area contributed by atoms with Gasteiger partial charge in [-0.2, -0.15) is 0 Å². The van der Waals surface area contributed by atoms with E-state index in [2.05, 4.69) is 24.5 Å². The molecule has 0 aromatic carbocycles. The number of rotatable bonds is 3. The molecule has 3 aliphatic rings. The van der Waals surface area contributed by atoms with E-state index in [0.29, 0.717) is 5.41 Å². The molecule has 3 fully saturated rings. The summed E-state index contributed by atoms with van der Waals surface area (Å²) in [7, 11) is 0. The number of fused-ring (bicyclic) bond motifs is 1. The third-order valence-corrected chi connectivity index (χ3v) is 5.57. The smallest absolute Gasteiger partial charge is 0.0198 e. The van der Waals surface area contributed by atoms with Gasteiger partial charge in [0.05, 0.1) is 0 Å². The lowest BCUT2D eigenvalue weighted by Crippen LogP contribution is -2.41. The zero-order chi connectivity index (χ0) is 12.6. The molecule has 0 amide bonds. The second kappa shape index (κ2) is 5.13. The summed E-state index contributed by atoms with van der Waals surface area (Å²) < 4.78 is 0. The van der Waals surface area contributed by atoms with Crippen LogP contribution in [0.4, 0.5) is 0 Å². The first-order valence-corrected chi connectivity index (χ1v) is 8.12. The van der Waals surface area contributed by atoms with E-state index in [1.54, 1.807) is 0 Å². The average Bonchev–Trinajstić information content (AvgIpc) is 2.89. The Morgan fingerprint density at radius 2 is 2.00 bits per heavy atom. The third-order valence-electron chi connectivity index (χ3n) is 5.57. The van der Waals surface area contributed by atoms with Crippen LogP contribution in [-0.4, -0.2) is 24.7 Å². The lowest BCUT2D eigenvalue weighted by Gasteiger charge is -2.24. The van der Waals surface area contributed by atoms with Crippen LogP contribution < -0.4 is 10.6 Å². The van der Waals surface area contributed by atoms with Crippen molar-refractivity contribution in [3.8, 4) is 0 Å². The van der Waals surface area contributed by atoms with Crippen LogP contribution in [0.2, 0.25) is 0 Å². The lowest BCUT2D eigenvalue weighted by molar-refractivity contribution is 0.325. The predicted octanol–water partition coefficient (Wildman–Crippen LogP) is 3.08. The molecular formula is C16H30N2. The Hall–Kier alpha value is -0.0800. The molecule has 0 radical (unpaired) electrons. The van der Waals surface area contributed by atoms with Crippen molar-refractivity contribution in [2.24, 2.45) is 11.3 Å². The molecule has 4 unspecified atom stereocenters. The van der Waals surface area contributed by atoms with Gasteiger partial charge in [-0.05, 0) is 49.9 Å². The van der Waals surface area contributed by atoms with Crippen molar-refractivity contribution < 1.29 is 0 Å². The fraction of sp³-hybridized carbons (Fsp3) is 1.00. The van der Waals surface area contributed by atoms with Crippen molar-refractivity contribution in [3.05, 3.63) is 0 Å². The molecule has 0 bridgehead atoms. The zero-order valence-corrected chi connectivity index (χ0v) is 12.2. The van der Waals surface area contributed by atoms with Gasteiger partial charge in [-0.25, -0.2) is 0 Å². The second-order valence-electron chi connectivity index (χ2n) is 7.76. The summed E-state index contributed by atoms with van der Waals surface area (Å²) in [5.74, 6) is 0.991. The molecule has 2 nitrogen and oxygen atoms in total. The number of hydrogen-bond donors (Lipinski definition) is 2. The first kappa shape index (κ1) is 12.9. The van der Waals surface area contributed by atoms with Gasteiger partial charge in [-0.3, -0.25) is 0 Å². The second-order valence-corrected chi connectivity index (χ2v) is 7.76. The molecule has 2 saturated carbocycles. The lowest BCUT2D eigenvalue weighted by atomic mass is 9.85. The van der Waals surface area contributed by atoms with E-state index < -0.39 is 0 Å². The highest BCUT2D eigenvalue weighted by Crippen LogP contribution is 2.37. The van der Waals surface area contributed by atoms with Crippen LogP contribution in [0.15, 0.2) is 0 Å². The molecule has 1 aliphatic heterocycles. The summed E-state index contributed by atoms with van der Waals surface area (Å²) in [5.41, 5.74) is 0.578. The Balaban J connectivity index is 1.42. The molecule has 2 aliphatic carbocycles. The van der Waals surface area contributed by atoms with Crippen molar-refractivity contribution in [2.75, 3.05) is 6.54 Å². The van der Waals surface area contributed by atoms with E-state index in [1.807, 2.05) is 0 Å². The highest BCUT2D eigenvalue weighted by atomic mass is 15.1. The molecule has 18 heavy (non-hydrogen) atoms. The van der Waals surface area contributed by atoms with Crippen LogP contribution in [0.1, 0.15) is 65.2 Å². The Labute approximate surface area is 112 Å². The highest BCUT2D eigenvalue weighted by molar-refractivity contribution is 4.95. The summed E-state index contributed by atoms with van der Waals surface area (Å²) in [6, 6.07) is 2.39. The molecule has 104 valence electrons. The number of hydrogen-bond acceptors (Lipinski definition) is 2. The molecule has 1 saturated heterocycles. The van der Waals surface area contributed by atoms with E-state index >= 15 is 0 Å². The van der Waals surface area contributed by atoms with E-state index in [-0.39, 0.29) is 0 Å². The maximum Gasteiger partial charge on any atom is 0.0198 e. The van der Waals surface area contributed by atoms with Gasteiger partial charge in [-0.15, -0.1) is 0 Å². The van der Waals surface area contributed by atoms with Crippen molar-refractivity contribution in [1.82, 2.24) is 10.6 Å². The Bertz CT molecular complexity index is 273. The monoisotopic (exact) mass is 250 g/mol. The van der Waals surface area contributed by atoms with E-state index in [1.165, 1.54) is 57.9 Å². The van der Waals surface area contributed by atoms with Crippen LogP contribution in [0.5, 0.6) is 0 Å². The normalized spacial score (nSPS) is 43.0. The summed E-state index contributed by atoms with van der Waals surface area (Å²) in [4.78, 5) is 0. The van der Waals surface area contributed by atoms with Crippen LogP contribution in [0.3, 0.4) is 0 Å². The number of nitrogens with one attached hydrogen (secondary N) is 2. The van der Waals surface area contributed by atoms with Gasteiger partial charge in [0.1, 0.15) is 0 Å². The van der Waals surface area contributed by atoms with E-state index in [0.717, 1.165) is 24.0 Å². The summed E-state index contributed by atoms with van der Waals surface area (Å²) >= 11 is 0. The maximum atomic E-state index is 3.88. The molecule has 0 spiro atoms. The van der Waals surface area contributed by atoms with Crippen molar-refractivity contribution in [1.29, 1.82) is 0 Å². The van der Waals surface area contributed by atoms with Crippen LogP contribution >= 0.6 is 0 Å². The molecule has 2 heteroatoms. The molecule has 1 heterocycles. The SMILES string of the molecule is CC1(C)CCC(NCC2CC3CCCCC3N2)C1. The first-order chi connectivity index (χ1) is 8.62. The molecule has 0 aromatic heterocycles. The Morgan fingerprint density at radius 1 is 1.17 bits per heavy atom.